The van der Waals surface area contributed by atoms with Gasteiger partial charge in [-0.2, -0.15) is 5.26 Å². The van der Waals surface area contributed by atoms with E-state index in [1.165, 1.54) is 0 Å². The molecule has 0 saturated carbocycles. The molecular weight excluding hydrogens is 342 g/mol. The van der Waals surface area contributed by atoms with Crippen molar-refractivity contribution in [3.05, 3.63) is 71.6 Å². The Kier molecular flexibility index (Phi) is 9.20. The predicted molar refractivity (Wildman–Crippen MR) is 107 cm³/mol. The third-order valence-corrected chi connectivity index (χ3v) is 4.28. The minimum atomic E-state index is -0.284. The standard InChI is InChI=1S/C19H23N3O3.C2H4/c1-3-4-14-17(7-20)22-18(8-21-2)19(14)13-6-5-12(9-23)15(10-24)16(13)11-25;1-2/h3,5-6,21-25H,1,4,8-11H2,2H3;1-2H2. The van der Waals surface area contributed by atoms with Crippen LogP contribution in [-0.2, 0) is 32.8 Å². The molecule has 0 amide bonds. The van der Waals surface area contributed by atoms with E-state index in [-0.39, 0.29) is 19.8 Å². The van der Waals surface area contributed by atoms with Gasteiger partial charge in [-0.25, -0.2) is 0 Å². The van der Waals surface area contributed by atoms with Gasteiger partial charge < -0.3 is 25.6 Å². The van der Waals surface area contributed by atoms with Gasteiger partial charge in [0.2, 0.25) is 0 Å². The van der Waals surface area contributed by atoms with Crippen LogP contribution in [0.4, 0.5) is 0 Å². The monoisotopic (exact) mass is 369 g/mol. The normalized spacial score (nSPS) is 10.0. The Morgan fingerprint density at radius 2 is 1.78 bits per heavy atom. The first-order valence-electron chi connectivity index (χ1n) is 8.52. The molecule has 0 aliphatic heterocycles. The lowest BCUT2D eigenvalue weighted by Gasteiger charge is -2.17. The highest BCUT2D eigenvalue weighted by molar-refractivity contribution is 5.77. The lowest BCUT2D eigenvalue weighted by atomic mass is 9.89. The van der Waals surface area contributed by atoms with Gasteiger partial charge in [0, 0.05) is 17.8 Å². The highest BCUT2D eigenvalue weighted by atomic mass is 16.3. The van der Waals surface area contributed by atoms with Crippen molar-refractivity contribution in [3.8, 4) is 17.2 Å². The van der Waals surface area contributed by atoms with Gasteiger partial charge >= 0.3 is 0 Å². The summed E-state index contributed by atoms with van der Waals surface area (Å²) in [7, 11) is 1.81. The summed E-state index contributed by atoms with van der Waals surface area (Å²) >= 11 is 0. The van der Waals surface area contributed by atoms with Crippen molar-refractivity contribution in [1.82, 2.24) is 10.3 Å². The number of aliphatic hydroxyl groups is 3. The van der Waals surface area contributed by atoms with Crippen LogP contribution in [-0.4, -0.2) is 27.4 Å². The summed E-state index contributed by atoms with van der Waals surface area (Å²) in [4.78, 5) is 3.14. The third-order valence-electron chi connectivity index (χ3n) is 4.28. The van der Waals surface area contributed by atoms with Crippen molar-refractivity contribution in [1.29, 1.82) is 5.26 Å². The van der Waals surface area contributed by atoms with Crippen molar-refractivity contribution in [2.75, 3.05) is 7.05 Å². The van der Waals surface area contributed by atoms with Crippen LogP contribution in [0.2, 0.25) is 0 Å². The van der Waals surface area contributed by atoms with Gasteiger partial charge in [0.25, 0.3) is 0 Å². The SMILES string of the molecule is C=C.C=CCc1c(C#N)[nH]c(CNC)c1-c1ccc(CO)c(CO)c1CO. The average molecular weight is 369 g/mol. The molecule has 0 radical (unpaired) electrons. The summed E-state index contributed by atoms with van der Waals surface area (Å²) < 4.78 is 0. The minimum Gasteiger partial charge on any atom is -0.392 e. The molecule has 0 aliphatic rings. The molecule has 0 saturated heterocycles. The molecular formula is C21H27N3O3. The number of H-pyrrole nitrogens is 1. The van der Waals surface area contributed by atoms with Crippen LogP contribution in [0.25, 0.3) is 11.1 Å². The van der Waals surface area contributed by atoms with E-state index in [1.807, 2.05) is 13.1 Å². The second-order valence-corrected chi connectivity index (χ2v) is 5.67. The second kappa shape index (κ2) is 11.1. The van der Waals surface area contributed by atoms with E-state index in [0.717, 1.165) is 22.4 Å². The first-order valence-corrected chi connectivity index (χ1v) is 8.52. The van der Waals surface area contributed by atoms with Gasteiger partial charge in [-0.3, -0.25) is 0 Å². The third kappa shape index (κ3) is 4.54. The Hall–Kier alpha value is -2.69. The van der Waals surface area contributed by atoms with Gasteiger partial charge in [-0.15, -0.1) is 19.7 Å². The highest BCUT2D eigenvalue weighted by Crippen LogP contribution is 2.36. The fourth-order valence-corrected chi connectivity index (χ4v) is 3.18. The van der Waals surface area contributed by atoms with Crippen molar-refractivity contribution >= 4 is 0 Å². The van der Waals surface area contributed by atoms with Crippen LogP contribution in [0.15, 0.2) is 37.9 Å². The van der Waals surface area contributed by atoms with Gasteiger partial charge in [-0.1, -0.05) is 18.2 Å². The molecule has 2 aromatic rings. The van der Waals surface area contributed by atoms with E-state index in [1.54, 1.807) is 12.1 Å². The second-order valence-electron chi connectivity index (χ2n) is 5.67. The van der Waals surface area contributed by atoms with Crippen LogP contribution in [0, 0.1) is 11.3 Å². The maximum absolute atomic E-state index is 9.91. The molecule has 6 nitrogen and oxygen atoms in total. The summed E-state index contributed by atoms with van der Waals surface area (Å²) in [5, 5.41) is 41.6. The number of allylic oxidation sites excluding steroid dienone is 1. The molecule has 1 heterocycles. The Bertz CT molecular complexity index is 819. The molecule has 0 bridgehead atoms. The first-order chi connectivity index (χ1) is 13.2. The number of nitriles is 1. The molecule has 0 spiro atoms. The number of nitrogens with zero attached hydrogens (tertiary/aromatic N) is 1. The number of aromatic nitrogens is 1. The molecule has 0 unspecified atom stereocenters. The molecule has 6 heteroatoms. The van der Waals surface area contributed by atoms with Crippen molar-refractivity contribution < 1.29 is 15.3 Å². The molecule has 5 N–H and O–H groups in total. The zero-order valence-corrected chi connectivity index (χ0v) is 15.7. The highest BCUT2D eigenvalue weighted by Gasteiger charge is 2.22. The quantitative estimate of drug-likeness (QED) is 0.458. The van der Waals surface area contributed by atoms with E-state index in [9.17, 15) is 20.6 Å². The summed E-state index contributed by atoms with van der Waals surface area (Å²) in [6.07, 6.45) is 2.23. The molecule has 1 aromatic carbocycles. The van der Waals surface area contributed by atoms with E-state index in [4.69, 9.17) is 0 Å². The largest absolute Gasteiger partial charge is 0.392 e. The van der Waals surface area contributed by atoms with Gasteiger partial charge in [-0.05, 0) is 41.3 Å². The predicted octanol–water partition coefficient (Wildman–Crippen LogP) is 2.28. The number of aromatic amines is 1. The maximum atomic E-state index is 9.91. The summed E-state index contributed by atoms with van der Waals surface area (Å²) in [6, 6.07) is 5.72. The topological polar surface area (TPSA) is 112 Å². The maximum Gasteiger partial charge on any atom is 0.122 e. The van der Waals surface area contributed by atoms with Gasteiger partial charge in [0.1, 0.15) is 11.8 Å². The lowest BCUT2D eigenvalue weighted by molar-refractivity contribution is 0.248. The summed E-state index contributed by atoms with van der Waals surface area (Å²) in [6.45, 7) is 9.50. The van der Waals surface area contributed by atoms with E-state index < -0.39 is 0 Å². The molecule has 0 atom stereocenters. The Labute approximate surface area is 160 Å². The van der Waals surface area contributed by atoms with Crippen molar-refractivity contribution in [2.24, 2.45) is 0 Å². The Morgan fingerprint density at radius 1 is 1.11 bits per heavy atom. The minimum absolute atomic E-state index is 0.220. The molecule has 2 rings (SSSR count). The zero-order valence-electron chi connectivity index (χ0n) is 15.7. The first kappa shape index (κ1) is 22.4. The van der Waals surface area contributed by atoms with Crippen LogP contribution in [0.5, 0.6) is 0 Å². The van der Waals surface area contributed by atoms with Crippen LogP contribution < -0.4 is 5.32 Å². The average Bonchev–Trinajstić information content (AvgIpc) is 3.05. The number of rotatable bonds is 8. The fraction of sp³-hybridized carbons (Fsp3) is 0.286. The van der Waals surface area contributed by atoms with Gasteiger partial charge in [0.15, 0.2) is 0 Å². The number of nitrogens with one attached hydrogen (secondary N) is 2. The van der Waals surface area contributed by atoms with Crippen molar-refractivity contribution in [3.63, 3.8) is 0 Å². The Balaban J connectivity index is 0.00000176. The molecule has 27 heavy (non-hydrogen) atoms. The molecule has 0 fully saturated rings. The molecule has 0 aliphatic carbocycles. The number of aliphatic hydroxyl groups excluding tert-OH is 3. The van der Waals surface area contributed by atoms with Crippen LogP contribution in [0.1, 0.15) is 33.6 Å². The van der Waals surface area contributed by atoms with Gasteiger partial charge in [0.05, 0.1) is 19.8 Å². The van der Waals surface area contributed by atoms with E-state index in [0.29, 0.717) is 35.3 Å². The number of benzene rings is 1. The number of hydrogen-bond donors (Lipinski definition) is 5. The zero-order chi connectivity index (χ0) is 20.4. The van der Waals surface area contributed by atoms with E-state index >= 15 is 0 Å². The molecule has 1 aromatic heterocycles. The smallest absolute Gasteiger partial charge is 0.122 e. The molecule has 144 valence electrons. The summed E-state index contributed by atoms with van der Waals surface area (Å²) in [5.41, 5.74) is 5.30. The number of hydrogen-bond acceptors (Lipinski definition) is 5. The lowest BCUT2D eigenvalue weighted by Crippen LogP contribution is -2.08. The Morgan fingerprint density at radius 3 is 2.26 bits per heavy atom. The fourth-order valence-electron chi connectivity index (χ4n) is 3.18. The van der Waals surface area contributed by atoms with Crippen LogP contribution >= 0.6 is 0 Å². The summed E-state index contributed by atoms with van der Waals surface area (Å²) in [5.74, 6) is 0. The van der Waals surface area contributed by atoms with Crippen molar-refractivity contribution in [2.45, 2.75) is 32.8 Å². The van der Waals surface area contributed by atoms with Crippen LogP contribution in [0.3, 0.4) is 0 Å². The van der Waals surface area contributed by atoms with E-state index in [2.05, 4.69) is 36.1 Å².